The predicted octanol–water partition coefficient (Wildman–Crippen LogP) is 4.03. The highest BCUT2D eigenvalue weighted by Crippen LogP contribution is 2.28. The van der Waals surface area contributed by atoms with Crippen LogP contribution < -0.4 is 5.32 Å². The molecular formula is C18H17N3S. The molecule has 0 aliphatic heterocycles. The molecule has 0 saturated heterocycles. The monoisotopic (exact) mass is 307 g/mol. The molecule has 3 aromatic rings. The van der Waals surface area contributed by atoms with Crippen LogP contribution in [0.3, 0.4) is 0 Å². The highest BCUT2D eigenvalue weighted by Gasteiger charge is 2.09. The molecule has 0 amide bonds. The number of thiophene rings is 1. The lowest BCUT2D eigenvalue weighted by molar-refractivity contribution is 0.964. The number of aryl methyl sites for hydroxylation is 2. The Morgan fingerprint density at radius 2 is 2.00 bits per heavy atom. The molecule has 3 rings (SSSR count). The van der Waals surface area contributed by atoms with Crippen molar-refractivity contribution in [3.05, 3.63) is 52.7 Å². The minimum absolute atomic E-state index is 0.569. The first-order chi connectivity index (χ1) is 10.8. The van der Waals surface area contributed by atoms with E-state index in [1.165, 1.54) is 4.88 Å². The number of fused-ring (bicyclic) bond motifs is 1. The van der Waals surface area contributed by atoms with Gasteiger partial charge in [0.15, 0.2) is 0 Å². The van der Waals surface area contributed by atoms with Crippen LogP contribution in [0.5, 0.6) is 0 Å². The van der Waals surface area contributed by atoms with Gasteiger partial charge in [-0.15, -0.1) is 11.3 Å². The van der Waals surface area contributed by atoms with Gasteiger partial charge < -0.3 is 5.32 Å². The van der Waals surface area contributed by atoms with E-state index in [2.05, 4.69) is 47.0 Å². The van der Waals surface area contributed by atoms with Crippen molar-refractivity contribution >= 4 is 27.4 Å². The number of hydrogen-bond donors (Lipinski definition) is 1. The lowest BCUT2D eigenvalue weighted by Gasteiger charge is -2.05. The maximum absolute atomic E-state index is 4.59. The van der Waals surface area contributed by atoms with Gasteiger partial charge in [0.1, 0.15) is 16.5 Å². The van der Waals surface area contributed by atoms with E-state index in [0.29, 0.717) is 6.54 Å². The number of nitrogens with zero attached hydrogens (tertiary/aromatic N) is 2. The van der Waals surface area contributed by atoms with E-state index < -0.39 is 0 Å². The molecule has 0 spiro atoms. The Hall–Kier alpha value is -2.38. The van der Waals surface area contributed by atoms with Gasteiger partial charge in [-0.2, -0.15) is 0 Å². The SMILES string of the molecule is CCc1nc(NCC#Cc2ccccc2)c2cc(C)sc2n1. The summed E-state index contributed by atoms with van der Waals surface area (Å²) in [5.41, 5.74) is 1.03. The quantitative estimate of drug-likeness (QED) is 0.743. The van der Waals surface area contributed by atoms with E-state index in [4.69, 9.17) is 0 Å². The summed E-state index contributed by atoms with van der Waals surface area (Å²) < 4.78 is 0. The molecular weight excluding hydrogens is 290 g/mol. The number of hydrogen-bond acceptors (Lipinski definition) is 4. The molecule has 110 valence electrons. The van der Waals surface area contributed by atoms with Crippen LogP contribution >= 0.6 is 11.3 Å². The second kappa shape index (κ2) is 6.59. The number of anilines is 1. The first-order valence-electron chi connectivity index (χ1n) is 7.31. The molecule has 2 aromatic heterocycles. The van der Waals surface area contributed by atoms with Gasteiger partial charge in [-0.3, -0.25) is 0 Å². The van der Waals surface area contributed by atoms with Gasteiger partial charge >= 0.3 is 0 Å². The van der Waals surface area contributed by atoms with E-state index in [1.807, 2.05) is 30.3 Å². The summed E-state index contributed by atoms with van der Waals surface area (Å²) in [6.45, 7) is 4.73. The van der Waals surface area contributed by atoms with Gasteiger partial charge in [0.2, 0.25) is 0 Å². The first-order valence-corrected chi connectivity index (χ1v) is 8.12. The highest BCUT2D eigenvalue weighted by molar-refractivity contribution is 7.18. The van der Waals surface area contributed by atoms with Crippen molar-refractivity contribution in [2.75, 3.05) is 11.9 Å². The Morgan fingerprint density at radius 1 is 1.18 bits per heavy atom. The molecule has 0 aliphatic carbocycles. The topological polar surface area (TPSA) is 37.8 Å². The van der Waals surface area contributed by atoms with Crippen LogP contribution in [0.2, 0.25) is 0 Å². The van der Waals surface area contributed by atoms with Crippen molar-refractivity contribution in [3.8, 4) is 11.8 Å². The van der Waals surface area contributed by atoms with E-state index in [0.717, 1.165) is 33.8 Å². The van der Waals surface area contributed by atoms with E-state index in [9.17, 15) is 0 Å². The van der Waals surface area contributed by atoms with Crippen LogP contribution in [0.15, 0.2) is 36.4 Å². The molecule has 2 heterocycles. The zero-order chi connectivity index (χ0) is 15.4. The van der Waals surface area contributed by atoms with Crippen LogP contribution in [0.25, 0.3) is 10.2 Å². The van der Waals surface area contributed by atoms with Crippen molar-refractivity contribution in [2.24, 2.45) is 0 Å². The molecule has 0 saturated carbocycles. The second-order valence-corrected chi connectivity index (χ2v) is 6.17. The summed E-state index contributed by atoms with van der Waals surface area (Å²) in [4.78, 5) is 11.5. The first kappa shape index (κ1) is 14.6. The third kappa shape index (κ3) is 3.26. The minimum Gasteiger partial charge on any atom is -0.358 e. The van der Waals surface area contributed by atoms with Gasteiger partial charge in [0.25, 0.3) is 0 Å². The van der Waals surface area contributed by atoms with Crippen LogP contribution in [0.1, 0.15) is 23.2 Å². The standard InChI is InChI=1S/C18H17N3S/c1-3-16-20-17(15-12-13(2)22-18(15)21-16)19-11-7-10-14-8-5-4-6-9-14/h4-6,8-9,12H,3,11H2,1-2H3,(H,19,20,21). The zero-order valence-corrected chi connectivity index (χ0v) is 13.5. The second-order valence-electron chi connectivity index (χ2n) is 4.94. The van der Waals surface area contributed by atoms with Gasteiger partial charge in [0, 0.05) is 16.9 Å². The Morgan fingerprint density at radius 3 is 2.77 bits per heavy atom. The zero-order valence-electron chi connectivity index (χ0n) is 12.7. The summed E-state index contributed by atoms with van der Waals surface area (Å²) in [6, 6.07) is 12.1. The number of benzene rings is 1. The fraction of sp³-hybridized carbons (Fsp3) is 0.222. The molecule has 0 fully saturated rings. The van der Waals surface area contributed by atoms with Crippen molar-refractivity contribution in [1.29, 1.82) is 0 Å². The minimum atomic E-state index is 0.569. The Kier molecular flexibility index (Phi) is 4.36. The molecule has 0 unspecified atom stereocenters. The largest absolute Gasteiger partial charge is 0.358 e. The van der Waals surface area contributed by atoms with Crippen molar-refractivity contribution in [3.63, 3.8) is 0 Å². The molecule has 0 radical (unpaired) electrons. The van der Waals surface area contributed by atoms with Crippen molar-refractivity contribution in [2.45, 2.75) is 20.3 Å². The lowest BCUT2D eigenvalue weighted by atomic mass is 10.2. The van der Waals surface area contributed by atoms with Crippen molar-refractivity contribution in [1.82, 2.24) is 9.97 Å². The predicted molar refractivity (Wildman–Crippen MR) is 93.3 cm³/mol. The van der Waals surface area contributed by atoms with Crippen LogP contribution in [-0.4, -0.2) is 16.5 Å². The molecule has 22 heavy (non-hydrogen) atoms. The van der Waals surface area contributed by atoms with Gasteiger partial charge in [-0.05, 0) is 25.1 Å². The van der Waals surface area contributed by atoms with E-state index in [1.54, 1.807) is 11.3 Å². The molecule has 0 bridgehead atoms. The smallest absolute Gasteiger partial charge is 0.139 e. The molecule has 0 aliphatic rings. The van der Waals surface area contributed by atoms with Crippen LogP contribution in [-0.2, 0) is 6.42 Å². The third-order valence-electron chi connectivity index (χ3n) is 3.23. The van der Waals surface area contributed by atoms with E-state index in [-0.39, 0.29) is 0 Å². The Labute approximate surface area is 134 Å². The Balaban J connectivity index is 1.80. The van der Waals surface area contributed by atoms with Crippen molar-refractivity contribution < 1.29 is 0 Å². The fourth-order valence-corrected chi connectivity index (χ4v) is 3.07. The number of aromatic nitrogens is 2. The van der Waals surface area contributed by atoms with Crippen LogP contribution in [0, 0.1) is 18.8 Å². The Bertz CT molecular complexity index is 841. The third-order valence-corrected chi connectivity index (χ3v) is 4.17. The van der Waals surface area contributed by atoms with E-state index >= 15 is 0 Å². The highest BCUT2D eigenvalue weighted by atomic mass is 32.1. The van der Waals surface area contributed by atoms with Crippen LogP contribution in [0.4, 0.5) is 5.82 Å². The number of nitrogens with one attached hydrogen (secondary N) is 1. The summed E-state index contributed by atoms with van der Waals surface area (Å²) in [5, 5.41) is 4.41. The molecule has 3 nitrogen and oxygen atoms in total. The summed E-state index contributed by atoms with van der Waals surface area (Å²) in [5.74, 6) is 8.04. The van der Waals surface area contributed by atoms with Gasteiger partial charge in [0.05, 0.1) is 11.9 Å². The summed E-state index contributed by atoms with van der Waals surface area (Å²) in [7, 11) is 0. The maximum Gasteiger partial charge on any atom is 0.139 e. The summed E-state index contributed by atoms with van der Waals surface area (Å²) >= 11 is 1.70. The summed E-state index contributed by atoms with van der Waals surface area (Å²) in [6.07, 6.45) is 0.831. The maximum atomic E-state index is 4.59. The van der Waals surface area contributed by atoms with Gasteiger partial charge in [-0.25, -0.2) is 9.97 Å². The molecule has 0 atom stereocenters. The number of rotatable bonds is 3. The lowest BCUT2D eigenvalue weighted by Crippen LogP contribution is -2.04. The normalized spacial score (nSPS) is 10.3. The molecule has 4 heteroatoms. The molecule has 1 N–H and O–H groups in total. The average Bonchev–Trinajstić information content (AvgIpc) is 2.92. The van der Waals surface area contributed by atoms with Gasteiger partial charge in [-0.1, -0.05) is 37.0 Å². The average molecular weight is 307 g/mol. The molecule has 1 aromatic carbocycles. The fourth-order valence-electron chi connectivity index (χ4n) is 2.17.